The molecule has 0 aliphatic carbocycles. The lowest BCUT2D eigenvalue weighted by Crippen LogP contribution is -2.38. The highest BCUT2D eigenvalue weighted by atomic mass is 16.5. The normalized spacial score (nSPS) is 15.7. The van der Waals surface area contributed by atoms with Crippen LogP contribution < -0.4 is 5.32 Å². The average Bonchev–Trinajstić information content (AvgIpc) is 3.39. The zero-order valence-electron chi connectivity index (χ0n) is 18.3. The summed E-state index contributed by atoms with van der Waals surface area (Å²) in [5, 5.41) is 3.06. The second-order valence-electron chi connectivity index (χ2n) is 8.05. The van der Waals surface area contributed by atoms with Gasteiger partial charge in [-0.05, 0) is 43.2 Å². The summed E-state index contributed by atoms with van der Waals surface area (Å²) in [6, 6.07) is 17.4. The van der Waals surface area contributed by atoms with Gasteiger partial charge in [-0.1, -0.05) is 30.3 Å². The number of ether oxygens (including phenoxy) is 1. The van der Waals surface area contributed by atoms with E-state index >= 15 is 0 Å². The van der Waals surface area contributed by atoms with E-state index in [0.717, 1.165) is 36.5 Å². The van der Waals surface area contributed by atoms with Gasteiger partial charge in [-0.15, -0.1) is 0 Å². The Morgan fingerprint density at radius 3 is 2.56 bits per heavy atom. The van der Waals surface area contributed by atoms with Gasteiger partial charge in [0.25, 0.3) is 0 Å². The molecule has 7 nitrogen and oxygen atoms in total. The van der Waals surface area contributed by atoms with Gasteiger partial charge in [0, 0.05) is 37.7 Å². The predicted octanol–water partition coefficient (Wildman–Crippen LogP) is 3.72. The summed E-state index contributed by atoms with van der Waals surface area (Å²) in [4.78, 5) is 30.4. The van der Waals surface area contributed by atoms with Crippen LogP contribution in [0.5, 0.6) is 0 Å². The molecule has 4 rings (SSSR count). The third kappa shape index (κ3) is 5.23. The summed E-state index contributed by atoms with van der Waals surface area (Å²) in [6.07, 6.45) is 1.43. The second kappa shape index (κ2) is 9.78. The number of nitrogens with zero attached hydrogens (tertiary/aromatic N) is 2. The van der Waals surface area contributed by atoms with Gasteiger partial charge in [-0.2, -0.15) is 0 Å². The molecule has 0 spiro atoms. The lowest BCUT2D eigenvalue weighted by Gasteiger charge is -2.25. The summed E-state index contributed by atoms with van der Waals surface area (Å²) in [5.74, 6) is 1.01. The first kappa shape index (κ1) is 21.8. The number of aromatic nitrogens is 1. The molecule has 1 aromatic heterocycles. The van der Waals surface area contributed by atoms with Crippen LogP contribution in [-0.2, 0) is 22.6 Å². The molecule has 32 heavy (non-hydrogen) atoms. The zero-order chi connectivity index (χ0) is 22.5. The van der Waals surface area contributed by atoms with E-state index < -0.39 is 0 Å². The molecule has 7 heteroatoms. The van der Waals surface area contributed by atoms with E-state index in [4.69, 9.17) is 14.1 Å². The van der Waals surface area contributed by atoms with Gasteiger partial charge in [0.15, 0.2) is 0 Å². The van der Waals surface area contributed by atoms with E-state index in [1.165, 1.54) is 12.7 Å². The van der Waals surface area contributed by atoms with Crippen LogP contribution >= 0.6 is 0 Å². The number of carbonyl (C=O) groups excluding carboxylic acids is 2. The molecule has 0 saturated carbocycles. The van der Waals surface area contributed by atoms with E-state index in [1.54, 1.807) is 24.3 Å². The predicted molar refractivity (Wildman–Crippen MR) is 120 cm³/mol. The summed E-state index contributed by atoms with van der Waals surface area (Å²) >= 11 is 0. The minimum atomic E-state index is -0.378. The van der Waals surface area contributed by atoms with E-state index in [2.05, 4.69) is 22.3 Å². The van der Waals surface area contributed by atoms with Gasteiger partial charge in [0.05, 0.1) is 18.4 Å². The average molecular weight is 434 g/mol. The van der Waals surface area contributed by atoms with Gasteiger partial charge in [-0.3, -0.25) is 9.69 Å². The highest BCUT2D eigenvalue weighted by Gasteiger charge is 2.24. The molecular formula is C25H27N3O4. The lowest BCUT2D eigenvalue weighted by atomic mass is 10.1. The Morgan fingerprint density at radius 1 is 1.16 bits per heavy atom. The Labute approximate surface area is 187 Å². The van der Waals surface area contributed by atoms with Crippen molar-refractivity contribution in [2.45, 2.75) is 38.9 Å². The monoisotopic (exact) mass is 433 g/mol. The molecule has 166 valence electrons. The third-order valence-corrected chi connectivity index (χ3v) is 5.63. The minimum absolute atomic E-state index is 0.116. The first-order valence-corrected chi connectivity index (χ1v) is 10.7. The maximum Gasteiger partial charge on any atom is 0.337 e. The fraction of sp³-hybridized carbons (Fsp3) is 0.320. The van der Waals surface area contributed by atoms with Crippen molar-refractivity contribution in [1.29, 1.82) is 0 Å². The summed E-state index contributed by atoms with van der Waals surface area (Å²) in [6.45, 7) is 4.02. The maximum atomic E-state index is 11.7. The molecule has 1 aliphatic heterocycles. The zero-order valence-corrected chi connectivity index (χ0v) is 18.3. The van der Waals surface area contributed by atoms with Gasteiger partial charge in [0.2, 0.25) is 11.8 Å². The van der Waals surface area contributed by atoms with E-state index in [-0.39, 0.29) is 17.9 Å². The first-order chi connectivity index (χ1) is 15.5. The van der Waals surface area contributed by atoms with Crippen molar-refractivity contribution in [2.75, 3.05) is 13.7 Å². The Bertz CT molecular complexity index is 1080. The largest absolute Gasteiger partial charge is 0.465 e. The van der Waals surface area contributed by atoms with Crippen molar-refractivity contribution in [3.8, 4) is 11.5 Å². The molecular weight excluding hydrogens is 406 g/mol. The number of aryl methyl sites for hydroxylation is 1. The van der Waals surface area contributed by atoms with Crippen molar-refractivity contribution >= 4 is 11.9 Å². The van der Waals surface area contributed by atoms with Crippen LogP contribution in [0.1, 0.15) is 40.2 Å². The fourth-order valence-corrected chi connectivity index (χ4v) is 3.93. The molecule has 1 amide bonds. The first-order valence-electron chi connectivity index (χ1n) is 10.7. The highest BCUT2D eigenvalue weighted by molar-refractivity contribution is 5.89. The molecule has 0 unspecified atom stereocenters. The Morgan fingerprint density at radius 2 is 1.91 bits per heavy atom. The third-order valence-electron chi connectivity index (χ3n) is 5.63. The number of amides is 1. The van der Waals surface area contributed by atoms with Crippen LogP contribution in [0.4, 0.5) is 0 Å². The number of hydrogen-bond donors (Lipinski definition) is 1. The topological polar surface area (TPSA) is 84.7 Å². The van der Waals surface area contributed by atoms with Crippen molar-refractivity contribution in [3.63, 3.8) is 0 Å². The number of rotatable bonds is 8. The standard InChI is InChI=1S/C25H27N3O4/c1-17-22(27-24(32-17)19-8-10-20(11-9-19)25(30)31-2)16-28(14-18-6-4-3-5-7-18)15-21-12-13-23(29)26-21/h3-11,21H,12-16H2,1-2H3,(H,26,29)/t21-/m0/s1. The molecule has 3 aromatic rings. The summed E-state index contributed by atoms with van der Waals surface area (Å²) < 4.78 is 10.7. The number of esters is 1. The second-order valence-corrected chi connectivity index (χ2v) is 8.05. The maximum absolute atomic E-state index is 11.7. The Kier molecular flexibility index (Phi) is 6.66. The quantitative estimate of drug-likeness (QED) is 0.545. The van der Waals surface area contributed by atoms with Crippen molar-refractivity contribution in [1.82, 2.24) is 15.2 Å². The molecule has 0 radical (unpaired) electrons. The fourth-order valence-electron chi connectivity index (χ4n) is 3.93. The van der Waals surface area contributed by atoms with Crippen LogP contribution in [-0.4, -0.2) is 41.5 Å². The SMILES string of the molecule is COC(=O)c1ccc(-c2nc(CN(Cc3ccccc3)C[C@@H]3CCC(=O)N3)c(C)o2)cc1. The van der Waals surface area contributed by atoms with Crippen molar-refractivity contribution in [2.24, 2.45) is 0 Å². The van der Waals surface area contributed by atoms with E-state index in [9.17, 15) is 9.59 Å². The van der Waals surface area contributed by atoms with E-state index in [0.29, 0.717) is 24.4 Å². The summed E-state index contributed by atoms with van der Waals surface area (Å²) in [5.41, 5.74) is 3.34. The number of methoxy groups -OCH3 is 1. The highest BCUT2D eigenvalue weighted by Crippen LogP contribution is 2.24. The molecule has 1 aliphatic rings. The van der Waals surface area contributed by atoms with Gasteiger partial charge < -0.3 is 14.5 Å². The Hall–Kier alpha value is -3.45. The van der Waals surface area contributed by atoms with Crippen LogP contribution in [0.25, 0.3) is 11.5 Å². The number of oxazole rings is 1. The molecule has 1 fully saturated rings. The molecule has 2 aromatic carbocycles. The van der Waals surface area contributed by atoms with Crippen LogP contribution in [0, 0.1) is 6.92 Å². The molecule has 0 bridgehead atoms. The molecule has 2 heterocycles. The smallest absolute Gasteiger partial charge is 0.337 e. The van der Waals surface area contributed by atoms with Gasteiger partial charge >= 0.3 is 5.97 Å². The van der Waals surface area contributed by atoms with Crippen molar-refractivity contribution in [3.05, 3.63) is 77.2 Å². The molecule has 1 saturated heterocycles. The lowest BCUT2D eigenvalue weighted by molar-refractivity contribution is -0.119. The number of nitrogens with one attached hydrogen (secondary N) is 1. The van der Waals surface area contributed by atoms with Crippen LogP contribution in [0.2, 0.25) is 0 Å². The van der Waals surface area contributed by atoms with Crippen LogP contribution in [0.3, 0.4) is 0 Å². The summed E-state index contributed by atoms with van der Waals surface area (Å²) in [7, 11) is 1.36. The minimum Gasteiger partial charge on any atom is -0.465 e. The number of benzene rings is 2. The van der Waals surface area contributed by atoms with Gasteiger partial charge in [-0.25, -0.2) is 9.78 Å². The van der Waals surface area contributed by atoms with Gasteiger partial charge in [0.1, 0.15) is 5.76 Å². The molecule has 1 atom stereocenters. The molecule has 1 N–H and O–H groups in total. The number of hydrogen-bond acceptors (Lipinski definition) is 6. The Balaban J connectivity index is 1.52. The number of carbonyl (C=O) groups is 2. The van der Waals surface area contributed by atoms with Crippen molar-refractivity contribution < 1.29 is 18.7 Å². The van der Waals surface area contributed by atoms with Crippen LogP contribution in [0.15, 0.2) is 59.0 Å². The van der Waals surface area contributed by atoms with E-state index in [1.807, 2.05) is 25.1 Å².